The summed E-state index contributed by atoms with van der Waals surface area (Å²) in [6.07, 6.45) is 1.52. The van der Waals surface area contributed by atoms with Crippen LogP contribution in [0.2, 0.25) is 0 Å². The molecular formula is C26H22FN3O4. The molecule has 4 aromatic rings. The second-order valence-electron chi connectivity index (χ2n) is 7.50. The molecule has 1 atom stereocenters. The molecule has 3 aromatic carbocycles. The summed E-state index contributed by atoms with van der Waals surface area (Å²) in [6.45, 7) is 0. The predicted octanol–water partition coefficient (Wildman–Crippen LogP) is 4.15. The molecule has 34 heavy (non-hydrogen) atoms. The lowest BCUT2D eigenvalue weighted by molar-refractivity contribution is -0.118. The first kappa shape index (κ1) is 22.7. The number of hydrogen-bond donors (Lipinski definition) is 2. The van der Waals surface area contributed by atoms with Crippen LogP contribution in [0.1, 0.15) is 27.4 Å². The molecule has 0 fully saturated rings. The normalized spacial score (nSPS) is 11.6. The Morgan fingerprint density at radius 3 is 2.38 bits per heavy atom. The molecule has 1 aromatic heterocycles. The third-order valence-electron chi connectivity index (χ3n) is 5.42. The van der Waals surface area contributed by atoms with Gasteiger partial charge in [-0.3, -0.25) is 14.6 Å². The van der Waals surface area contributed by atoms with Crippen molar-refractivity contribution in [2.75, 3.05) is 14.2 Å². The molecule has 1 unspecified atom stereocenters. The van der Waals surface area contributed by atoms with Crippen LogP contribution in [0.25, 0.3) is 10.9 Å². The summed E-state index contributed by atoms with van der Waals surface area (Å²) in [6, 6.07) is 18.0. The van der Waals surface area contributed by atoms with E-state index in [2.05, 4.69) is 10.3 Å². The van der Waals surface area contributed by atoms with Crippen molar-refractivity contribution in [1.29, 1.82) is 0 Å². The third kappa shape index (κ3) is 4.38. The number of benzene rings is 3. The standard InChI is InChI=1S/C26H22FN3O4/c1-29-26(32)18-13-17-20(14-23(18)33-2)30-11-10-21(17)34-22-9-8-16(12-19(22)27)24(25(28)31)15-6-4-3-5-7-15/h3-14,24H,1-2H3,(H2,28,31)(H,29,32). The summed E-state index contributed by atoms with van der Waals surface area (Å²) in [5.74, 6) is -1.79. The van der Waals surface area contributed by atoms with Crippen LogP contribution in [0.4, 0.5) is 4.39 Å². The van der Waals surface area contributed by atoms with Crippen molar-refractivity contribution in [3.05, 3.63) is 95.4 Å². The summed E-state index contributed by atoms with van der Waals surface area (Å²) in [7, 11) is 2.97. The first-order chi connectivity index (χ1) is 16.4. The van der Waals surface area contributed by atoms with Gasteiger partial charge in [0.15, 0.2) is 11.6 Å². The fourth-order valence-electron chi connectivity index (χ4n) is 3.78. The number of ether oxygens (including phenoxy) is 2. The maximum absolute atomic E-state index is 15.1. The van der Waals surface area contributed by atoms with Gasteiger partial charge in [-0.1, -0.05) is 36.4 Å². The van der Waals surface area contributed by atoms with Crippen molar-refractivity contribution >= 4 is 22.7 Å². The Labute approximate surface area is 195 Å². The smallest absolute Gasteiger partial charge is 0.254 e. The summed E-state index contributed by atoms with van der Waals surface area (Å²) in [4.78, 5) is 28.7. The van der Waals surface area contributed by atoms with Gasteiger partial charge in [0.05, 0.1) is 24.1 Å². The van der Waals surface area contributed by atoms with Gasteiger partial charge in [-0.2, -0.15) is 0 Å². The van der Waals surface area contributed by atoms with Crippen molar-refractivity contribution in [3.63, 3.8) is 0 Å². The van der Waals surface area contributed by atoms with Gasteiger partial charge in [-0.15, -0.1) is 0 Å². The Morgan fingerprint density at radius 1 is 0.971 bits per heavy atom. The largest absolute Gasteiger partial charge is 0.496 e. The summed E-state index contributed by atoms with van der Waals surface area (Å²) in [5.41, 5.74) is 7.48. The van der Waals surface area contributed by atoms with Crippen molar-refractivity contribution in [3.8, 4) is 17.2 Å². The van der Waals surface area contributed by atoms with Gasteiger partial charge < -0.3 is 20.5 Å². The van der Waals surface area contributed by atoms with Crippen LogP contribution in [0.15, 0.2) is 72.9 Å². The van der Waals surface area contributed by atoms with E-state index in [1.807, 2.05) is 6.07 Å². The molecule has 0 bridgehead atoms. The summed E-state index contributed by atoms with van der Waals surface area (Å²) in [5, 5.41) is 3.06. The molecule has 0 radical (unpaired) electrons. The zero-order valence-electron chi connectivity index (χ0n) is 18.5. The van der Waals surface area contributed by atoms with E-state index in [9.17, 15) is 9.59 Å². The molecule has 0 spiro atoms. The Hall–Kier alpha value is -4.46. The Kier molecular flexibility index (Phi) is 6.40. The number of hydrogen-bond acceptors (Lipinski definition) is 5. The second-order valence-corrected chi connectivity index (χ2v) is 7.50. The molecule has 2 amide bonds. The number of nitrogens with one attached hydrogen (secondary N) is 1. The molecule has 0 aliphatic rings. The van der Waals surface area contributed by atoms with Gasteiger partial charge in [0, 0.05) is 24.7 Å². The third-order valence-corrected chi connectivity index (χ3v) is 5.42. The van der Waals surface area contributed by atoms with Gasteiger partial charge in [-0.05, 0) is 35.4 Å². The van der Waals surface area contributed by atoms with Crippen molar-refractivity contribution in [1.82, 2.24) is 10.3 Å². The van der Waals surface area contributed by atoms with E-state index < -0.39 is 17.6 Å². The number of aromatic nitrogens is 1. The minimum atomic E-state index is -0.797. The van der Waals surface area contributed by atoms with Crippen LogP contribution >= 0.6 is 0 Å². The first-order valence-electron chi connectivity index (χ1n) is 10.4. The number of nitrogens with two attached hydrogens (primary N) is 1. The highest BCUT2D eigenvalue weighted by Gasteiger charge is 2.22. The molecule has 0 aliphatic heterocycles. The van der Waals surface area contributed by atoms with E-state index >= 15 is 4.39 Å². The monoisotopic (exact) mass is 459 g/mol. The second kappa shape index (κ2) is 9.58. The molecule has 172 valence electrons. The minimum absolute atomic E-state index is 0.0511. The zero-order chi connectivity index (χ0) is 24.2. The van der Waals surface area contributed by atoms with Gasteiger partial charge in [-0.25, -0.2) is 4.39 Å². The molecule has 7 nitrogen and oxygen atoms in total. The fourth-order valence-corrected chi connectivity index (χ4v) is 3.78. The van der Waals surface area contributed by atoms with E-state index in [1.165, 1.54) is 32.5 Å². The SMILES string of the molecule is CNC(=O)c1cc2c(Oc3ccc(C(C(N)=O)c4ccccc4)cc3F)ccnc2cc1OC. The number of rotatable bonds is 7. The number of halogens is 1. The lowest BCUT2D eigenvalue weighted by atomic mass is 9.90. The quantitative estimate of drug-likeness (QED) is 0.432. The number of methoxy groups -OCH3 is 1. The topological polar surface area (TPSA) is 104 Å². The van der Waals surface area contributed by atoms with Gasteiger partial charge >= 0.3 is 0 Å². The Bertz CT molecular complexity index is 1380. The number of carbonyl (C=O) groups excluding carboxylic acids is 2. The number of fused-ring (bicyclic) bond motifs is 1. The maximum Gasteiger partial charge on any atom is 0.254 e. The Balaban J connectivity index is 1.72. The van der Waals surface area contributed by atoms with E-state index in [1.54, 1.807) is 48.5 Å². The van der Waals surface area contributed by atoms with Crippen molar-refractivity contribution in [2.24, 2.45) is 5.73 Å². The number of amides is 2. The maximum atomic E-state index is 15.1. The molecule has 3 N–H and O–H groups in total. The first-order valence-corrected chi connectivity index (χ1v) is 10.4. The van der Waals surface area contributed by atoms with Crippen molar-refractivity contribution in [2.45, 2.75) is 5.92 Å². The molecule has 1 heterocycles. The van der Waals surface area contributed by atoms with Gasteiger partial charge in [0.25, 0.3) is 5.91 Å². The van der Waals surface area contributed by atoms with Crippen LogP contribution in [0, 0.1) is 5.82 Å². The highest BCUT2D eigenvalue weighted by Crippen LogP contribution is 2.35. The summed E-state index contributed by atoms with van der Waals surface area (Å²) >= 11 is 0. The number of pyridine rings is 1. The predicted molar refractivity (Wildman–Crippen MR) is 126 cm³/mol. The molecule has 0 saturated carbocycles. The number of nitrogens with zero attached hydrogens (tertiary/aromatic N) is 1. The number of carbonyl (C=O) groups is 2. The number of primary amides is 1. The van der Waals surface area contributed by atoms with Crippen LogP contribution in [0.5, 0.6) is 17.2 Å². The fraction of sp³-hybridized carbons (Fsp3) is 0.115. The zero-order valence-corrected chi connectivity index (χ0v) is 18.5. The van der Waals surface area contributed by atoms with Gasteiger partial charge in [0.1, 0.15) is 11.5 Å². The van der Waals surface area contributed by atoms with Crippen LogP contribution < -0.4 is 20.5 Å². The highest BCUT2D eigenvalue weighted by molar-refractivity contribution is 6.02. The highest BCUT2D eigenvalue weighted by atomic mass is 19.1. The van der Waals surface area contributed by atoms with E-state index in [0.717, 1.165) is 0 Å². The van der Waals surface area contributed by atoms with E-state index in [-0.39, 0.29) is 11.7 Å². The molecule has 8 heteroatoms. The lowest BCUT2D eigenvalue weighted by Gasteiger charge is -2.16. The van der Waals surface area contributed by atoms with Crippen LogP contribution in [-0.2, 0) is 4.79 Å². The lowest BCUT2D eigenvalue weighted by Crippen LogP contribution is -2.22. The van der Waals surface area contributed by atoms with E-state index in [4.69, 9.17) is 15.2 Å². The van der Waals surface area contributed by atoms with E-state index in [0.29, 0.717) is 39.1 Å². The molecule has 0 aliphatic carbocycles. The average molecular weight is 459 g/mol. The Morgan fingerprint density at radius 2 is 1.74 bits per heavy atom. The molecule has 4 rings (SSSR count). The summed E-state index contributed by atoms with van der Waals surface area (Å²) < 4.78 is 26.2. The van der Waals surface area contributed by atoms with Gasteiger partial charge in [0.2, 0.25) is 5.91 Å². The van der Waals surface area contributed by atoms with Crippen LogP contribution in [0.3, 0.4) is 0 Å². The van der Waals surface area contributed by atoms with Crippen molar-refractivity contribution < 1.29 is 23.5 Å². The minimum Gasteiger partial charge on any atom is -0.496 e. The van der Waals surface area contributed by atoms with Crippen LogP contribution in [-0.4, -0.2) is 31.0 Å². The molecule has 0 saturated heterocycles. The molecular weight excluding hydrogens is 437 g/mol. The average Bonchev–Trinajstić information content (AvgIpc) is 2.85.